The third-order valence-corrected chi connectivity index (χ3v) is 2.51. The molecule has 0 aliphatic rings. The number of hydrogen-bond acceptors (Lipinski definition) is 1. The van der Waals surface area contributed by atoms with Crippen molar-refractivity contribution in [2.75, 3.05) is 0 Å². The summed E-state index contributed by atoms with van der Waals surface area (Å²) in [5, 5.41) is 9.94. The molecular formula is C11H7BrN2. The number of hydrogen-bond donors (Lipinski definition) is 1. The molecule has 1 N–H and O–H groups in total. The SMILES string of the molecule is C=Cc1cc2cc(Br)cc(C#N)c2[nH]1. The predicted molar refractivity (Wildman–Crippen MR) is 60.8 cm³/mol. The summed E-state index contributed by atoms with van der Waals surface area (Å²) in [5.41, 5.74) is 2.43. The molecule has 1 aromatic heterocycles. The van der Waals surface area contributed by atoms with Gasteiger partial charge in [-0.1, -0.05) is 22.5 Å². The van der Waals surface area contributed by atoms with Crippen LogP contribution < -0.4 is 0 Å². The molecule has 0 bridgehead atoms. The smallest absolute Gasteiger partial charge is 0.101 e. The van der Waals surface area contributed by atoms with E-state index in [1.54, 1.807) is 12.1 Å². The van der Waals surface area contributed by atoms with Crippen LogP contribution in [0.5, 0.6) is 0 Å². The van der Waals surface area contributed by atoms with Gasteiger partial charge in [-0.05, 0) is 24.3 Å². The van der Waals surface area contributed by atoms with E-state index in [1.165, 1.54) is 0 Å². The molecule has 0 saturated heterocycles. The van der Waals surface area contributed by atoms with Crippen LogP contribution in [-0.2, 0) is 0 Å². The van der Waals surface area contributed by atoms with Gasteiger partial charge < -0.3 is 4.98 Å². The maximum absolute atomic E-state index is 8.93. The zero-order valence-corrected chi connectivity index (χ0v) is 8.93. The lowest BCUT2D eigenvalue weighted by Crippen LogP contribution is -1.78. The van der Waals surface area contributed by atoms with E-state index in [9.17, 15) is 0 Å². The van der Waals surface area contributed by atoms with Crippen LogP contribution in [0, 0.1) is 11.3 Å². The minimum Gasteiger partial charge on any atom is -0.354 e. The zero-order valence-electron chi connectivity index (χ0n) is 7.34. The number of aromatic nitrogens is 1. The Morgan fingerprint density at radius 3 is 2.86 bits per heavy atom. The van der Waals surface area contributed by atoms with Crippen molar-refractivity contribution in [2.24, 2.45) is 0 Å². The fourth-order valence-corrected chi connectivity index (χ4v) is 1.90. The summed E-state index contributed by atoms with van der Waals surface area (Å²) in [6.45, 7) is 3.68. The van der Waals surface area contributed by atoms with E-state index in [0.717, 1.165) is 21.1 Å². The Morgan fingerprint density at radius 1 is 1.43 bits per heavy atom. The lowest BCUT2D eigenvalue weighted by molar-refractivity contribution is 1.41. The van der Waals surface area contributed by atoms with Gasteiger partial charge in [-0.25, -0.2) is 0 Å². The predicted octanol–water partition coefficient (Wildman–Crippen LogP) is 3.45. The maximum atomic E-state index is 8.93. The molecule has 1 aromatic carbocycles. The van der Waals surface area contributed by atoms with E-state index in [1.807, 2.05) is 12.1 Å². The molecule has 14 heavy (non-hydrogen) atoms. The van der Waals surface area contributed by atoms with Gasteiger partial charge in [0.2, 0.25) is 0 Å². The lowest BCUT2D eigenvalue weighted by atomic mass is 10.1. The molecule has 3 heteroatoms. The number of nitriles is 1. The van der Waals surface area contributed by atoms with Crippen LogP contribution in [-0.4, -0.2) is 4.98 Å². The van der Waals surface area contributed by atoms with E-state index in [-0.39, 0.29) is 0 Å². The van der Waals surface area contributed by atoms with E-state index in [0.29, 0.717) is 5.56 Å². The molecule has 68 valence electrons. The fourth-order valence-electron chi connectivity index (χ4n) is 1.43. The van der Waals surface area contributed by atoms with Gasteiger partial charge in [0, 0.05) is 15.6 Å². The molecule has 0 unspecified atom stereocenters. The summed E-state index contributed by atoms with van der Waals surface area (Å²) in [6, 6.07) is 7.89. The Morgan fingerprint density at radius 2 is 2.21 bits per heavy atom. The molecule has 0 atom stereocenters. The highest BCUT2D eigenvalue weighted by Crippen LogP contribution is 2.24. The van der Waals surface area contributed by atoms with Crippen molar-refractivity contribution < 1.29 is 0 Å². The van der Waals surface area contributed by atoms with Gasteiger partial charge in [0.25, 0.3) is 0 Å². The number of benzene rings is 1. The van der Waals surface area contributed by atoms with Crippen LogP contribution >= 0.6 is 15.9 Å². The molecule has 0 aliphatic carbocycles. The molecule has 0 radical (unpaired) electrons. The molecule has 1 heterocycles. The number of nitrogens with one attached hydrogen (secondary N) is 1. The minimum absolute atomic E-state index is 0.641. The van der Waals surface area contributed by atoms with Gasteiger partial charge in [0.05, 0.1) is 11.1 Å². The highest BCUT2D eigenvalue weighted by atomic mass is 79.9. The first-order valence-electron chi connectivity index (χ1n) is 4.09. The summed E-state index contributed by atoms with van der Waals surface area (Å²) in [6.07, 6.45) is 1.73. The molecule has 2 nitrogen and oxygen atoms in total. The standard InChI is InChI=1S/C11H7BrN2/c1-2-10-5-7-3-9(12)4-8(6-13)11(7)14-10/h2-5,14H,1H2. The van der Waals surface area contributed by atoms with Crippen molar-refractivity contribution in [2.45, 2.75) is 0 Å². The largest absolute Gasteiger partial charge is 0.354 e. The third kappa shape index (κ3) is 1.34. The highest BCUT2D eigenvalue weighted by molar-refractivity contribution is 9.10. The van der Waals surface area contributed by atoms with E-state index >= 15 is 0 Å². The molecule has 0 saturated carbocycles. The molecule has 0 aliphatic heterocycles. The van der Waals surface area contributed by atoms with Crippen LogP contribution in [0.25, 0.3) is 17.0 Å². The highest BCUT2D eigenvalue weighted by Gasteiger charge is 2.05. The average molecular weight is 247 g/mol. The second-order valence-corrected chi connectivity index (χ2v) is 3.87. The van der Waals surface area contributed by atoms with Crippen LogP contribution in [0.2, 0.25) is 0 Å². The Hall–Kier alpha value is -1.53. The monoisotopic (exact) mass is 246 g/mol. The number of halogens is 1. The van der Waals surface area contributed by atoms with Gasteiger partial charge >= 0.3 is 0 Å². The third-order valence-electron chi connectivity index (χ3n) is 2.05. The first-order valence-corrected chi connectivity index (χ1v) is 4.88. The van der Waals surface area contributed by atoms with Crippen molar-refractivity contribution in [3.8, 4) is 6.07 Å². The maximum Gasteiger partial charge on any atom is 0.101 e. The second-order valence-electron chi connectivity index (χ2n) is 2.96. The molecule has 2 aromatic rings. The molecule has 0 amide bonds. The molecule has 2 rings (SSSR count). The van der Waals surface area contributed by atoms with E-state index in [4.69, 9.17) is 5.26 Å². The zero-order chi connectivity index (χ0) is 10.1. The van der Waals surface area contributed by atoms with Crippen molar-refractivity contribution in [3.05, 3.63) is 40.5 Å². The normalized spacial score (nSPS) is 10.0. The van der Waals surface area contributed by atoms with Crippen molar-refractivity contribution in [1.29, 1.82) is 5.26 Å². The topological polar surface area (TPSA) is 39.6 Å². The summed E-state index contributed by atoms with van der Waals surface area (Å²) in [5.74, 6) is 0. The quantitative estimate of drug-likeness (QED) is 0.823. The summed E-state index contributed by atoms with van der Waals surface area (Å²) >= 11 is 3.36. The first-order chi connectivity index (χ1) is 6.74. The number of fused-ring (bicyclic) bond motifs is 1. The second kappa shape index (κ2) is 3.32. The van der Waals surface area contributed by atoms with Gasteiger partial charge in [-0.15, -0.1) is 0 Å². The van der Waals surface area contributed by atoms with Crippen molar-refractivity contribution in [3.63, 3.8) is 0 Å². The number of aromatic amines is 1. The molecule has 0 fully saturated rings. The summed E-state index contributed by atoms with van der Waals surface area (Å²) in [4.78, 5) is 3.13. The van der Waals surface area contributed by atoms with Gasteiger partial charge in [0.15, 0.2) is 0 Å². The van der Waals surface area contributed by atoms with Crippen LogP contribution in [0.3, 0.4) is 0 Å². The van der Waals surface area contributed by atoms with Crippen LogP contribution in [0.1, 0.15) is 11.3 Å². The number of nitrogens with zero attached hydrogens (tertiary/aromatic N) is 1. The van der Waals surface area contributed by atoms with Crippen LogP contribution in [0.4, 0.5) is 0 Å². The Balaban J connectivity index is 2.86. The van der Waals surface area contributed by atoms with Crippen molar-refractivity contribution >= 4 is 32.9 Å². The number of rotatable bonds is 1. The Kier molecular flexibility index (Phi) is 2.14. The molecular weight excluding hydrogens is 240 g/mol. The van der Waals surface area contributed by atoms with Gasteiger partial charge in [-0.2, -0.15) is 5.26 Å². The summed E-state index contributed by atoms with van der Waals surface area (Å²) < 4.78 is 0.913. The Bertz CT molecular complexity index is 546. The number of H-pyrrole nitrogens is 1. The van der Waals surface area contributed by atoms with Crippen LogP contribution in [0.15, 0.2) is 29.3 Å². The van der Waals surface area contributed by atoms with E-state index < -0.39 is 0 Å². The van der Waals surface area contributed by atoms with Crippen molar-refractivity contribution in [1.82, 2.24) is 4.98 Å². The van der Waals surface area contributed by atoms with Gasteiger partial charge in [0.1, 0.15) is 6.07 Å². The summed E-state index contributed by atoms with van der Waals surface area (Å²) in [7, 11) is 0. The average Bonchev–Trinajstić information content (AvgIpc) is 2.59. The van der Waals surface area contributed by atoms with E-state index in [2.05, 4.69) is 33.6 Å². The first kappa shape index (κ1) is 9.04. The fraction of sp³-hybridized carbons (Fsp3) is 0. The minimum atomic E-state index is 0.641. The van der Waals surface area contributed by atoms with Gasteiger partial charge in [-0.3, -0.25) is 0 Å². The lowest BCUT2D eigenvalue weighted by Gasteiger charge is -1.94. The Labute approximate surface area is 90.0 Å². The molecule has 0 spiro atoms.